The zero-order valence-electron chi connectivity index (χ0n) is 18.6. The van der Waals surface area contributed by atoms with Crippen molar-refractivity contribution in [1.82, 2.24) is 10.2 Å². The maximum Gasteiger partial charge on any atom is 0.411 e. The Hall–Kier alpha value is -2.95. The number of amides is 3. The summed E-state index contributed by atoms with van der Waals surface area (Å²) in [7, 11) is 0. The molecule has 1 saturated heterocycles. The molecule has 1 fully saturated rings. The summed E-state index contributed by atoms with van der Waals surface area (Å²) in [6.45, 7) is 1.84. The predicted molar refractivity (Wildman–Crippen MR) is 134 cm³/mol. The van der Waals surface area contributed by atoms with Crippen molar-refractivity contribution in [2.45, 2.75) is 25.4 Å². The number of ether oxygens (including phenoxy) is 1. The summed E-state index contributed by atoms with van der Waals surface area (Å²) in [6.07, 6.45) is -0.606. The van der Waals surface area contributed by atoms with Gasteiger partial charge in [-0.2, -0.15) is 0 Å². The molecule has 2 aromatic carbocycles. The molecule has 3 amide bonds. The van der Waals surface area contributed by atoms with Crippen LogP contribution in [0.4, 0.5) is 10.5 Å². The topological polar surface area (TPSA) is 125 Å². The summed E-state index contributed by atoms with van der Waals surface area (Å²) < 4.78 is 4.97. The fraction of sp³-hybridized carbons (Fsp3) is 0.304. The maximum atomic E-state index is 12.7. The van der Waals surface area contributed by atoms with Gasteiger partial charge in [-0.1, -0.05) is 41.4 Å². The van der Waals surface area contributed by atoms with E-state index in [1.165, 1.54) is 16.7 Å². The van der Waals surface area contributed by atoms with E-state index in [0.717, 1.165) is 0 Å². The highest BCUT2D eigenvalue weighted by Crippen LogP contribution is 2.26. The Balaban J connectivity index is 1.63. The number of anilines is 1. The average molecular weight is 540 g/mol. The van der Waals surface area contributed by atoms with Crippen molar-refractivity contribution in [3.8, 4) is 0 Å². The van der Waals surface area contributed by atoms with Crippen LogP contribution < -0.4 is 10.6 Å². The third kappa shape index (κ3) is 6.81. The second kappa shape index (κ2) is 12.1. The van der Waals surface area contributed by atoms with E-state index in [0.29, 0.717) is 22.9 Å². The average Bonchev–Trinajstić information content (AvgIpc) is 3.30. The van der Waals surface area contributed by atoms with Crippen LogP contribution in [0.15, 0.2) is 42.5 Å². The molecule has 0 saturated carbocycles. The number of hydrogen-bond donors (Lipinski definition) is 3. The van der Waals surface area contributed by atoms with Crippen molar-refractivity contribution >= 4 is 64.5 Å². The number of carboxylic acids is 1. The van der Waals surface area contributed by atoms with Crippen molar-refractivity contribution in [3.05, 3.63) is 63.6 Å². The Morgan fingerprint density at radius 1 is 1.14 bits per heavy atom. The van der Waals surface area contributed by atoms with E-state index < -0.39 is 36.0 Å². The number of aliphatic carboxylic acids is 1. The van der Waals surface area contributed by atoms with Gasteiger partial charge in [-0.3, -0.25) is 14.5 Å². The van der Waals surface area contributed by atoms with Gasteiger partial charge in [0.2, 0.25) is 5.91 Å². The van der Waals surface area contributed by atoms with Gasteiger partial charge in [-0.15, -0.1) is 11.8 Å². The highest BCUT2D eigenvalue weighted by Gasteiger charge is 2.37. The number of benzene rings is 2. The van der Waals surface area contributed by atoms with Gasteiger partial charge in [0.05, 0.1) is 28.1 Å². The molecule has 35 heavy (non-hydrogen) atoms. The molecule has 0 radical (unpaired) electrons. The molecular formula is C23H23Cl2N3O6S. The van der Waals surface area contributed by atoms with Gasteiger partial charge in [-0.05, 0) is 36.8 Å². The van der Waals surface area contributed by atoms with E-state index in [1.807, 2.05) is 0 Å². The Morgan fingerprint density at radius 2 is 1.80 bits per heavy atom. The molecule has 1 aliphatic heterocycles. The molecule has 186 valence electrons. The summed E-state index contributed by atoms with van der Waals surface area (Å²) >= 11 is 13.5. The second-order valence-electron chi connectivity index (χ2n) is 7.54. The van der Waals surface area contributed by atoms with E-state index in [2.05, 4.69) is 10.6 Å². The Kier molecular flexibility index (Phi) is 9.25. The van der Waals surface area contributed by atoms with Crippen molar-refractivity contribution in [1.29, 1.82) is 0 Å². The fourth-order valence-electron chi connectivity index (χ4n) is 3.38. The maximum absolute atomic E-state index is 12.7. The first kappa shape index (κ1) is 26.7. The van der Waals surface area contributed by atoms with Crippen LogP contribution in [-0.2, 0) is 20.7 Å². The van der Waals surface area contributed by atoms with Gasteiger partial charge in [-0.25, -0.2) is 9.59 Å². The van der Waals surface area contributed by atoms with Crippen molar-refractivity contribution in [3.63, 3.8) is 0 Å². The highest BCUT2D eigenvalue weighted by molar-refractivity contribution is 7.99. The molecule has 9 nitrogen and oxygen atoms in total. The molecule has 3 rings (SSSR count). The minimum atomic E-state index is -1.21. The zero-order valence-corrected chi connectivity index (χ0v) is 21.0. The first-order valence-corrected chi connectivity index (χ1v) is 12.5. The molecule has 1 heterocycles. The van der Waals surface area contributed by atoms with E-state index in [1.54, 1.807) is 49.4 Å². The summed E-state index contributed by atoms with van der Waals surface area (Å²) in [4.78, 5) is 50.4. The lowest BCUT2D eigenvalue weighted by Gasteiger charge is -2.24. The summed E-state index contributed by atoms with van der Waals surface area (Å²) in [6, 6.07) is 9.22. The third-order valence-corrected chi connectivity index (χ3v) is 6.79. The normalized spacial score (nSPS) is 15.9. The number of nitrogens with one attached hydrogen (secondary N) is 2. The Morgan fingerprint density at radius 3 is 2.40 bits per heavy atom. The van der Waals surface area contributed by atoms with Gasteiger partial charge in [0.25, 0.3) is 5.91 Å². The predicted octanol–water partition coefficient (Wildman–Crippen LogP) is 3.89. The Bertz CT molecular complexity index is 1090. The van der Waals surface area contributed by atoms with Crippen LogP contribution in [0.2, 0.25) is 10.0 Å². The standard InChI is InChI=1S/C23H23Cl2N3O6S/c1-2-34-23(33)28-12-35-11-18(28)20(29)27-17(22(31)32)10-13-6-8-14(9-7-13)26-21(30)19-15(24)4-3-5-16(19)25/h3-9,17-18H,2,10-12H2,1H3,(H,26,30)(H,27,29)(H,31,32)/t17-,18-/m0/s1. The van der Waals surface area contributed by atoms with Crippen LogP contribution in [0, 0.1) is 0 Å². The number of nitrogens with zero attached hydrogens (tertiary/aromatic N) is 1. The van der Waals surface area contributed by atoms with E-state index in [4.69, 9.17) is 27.9 Å². The third-order valence-electron chi connectivity index (χ3n) is 5.14. The molecule has 2 atom stereocenters. The van der Waals surface area contributed by atoms with Crippen LogP contribution in [0.1, 0.15) is 22.8 Å². The molecule has 0 unspecified atom stereocenters. The van der Waals surface area contributed by atoms with Crippen molar-refractivity contribution in [2.75, 3.05) is 23.6 Å². The molecule has 1 aliphatic rings. The minimum Gasteiger partial charge on any atom is -0.480 e. The fourth-order valence-corrected chi connectivity index (χ4v) is 5.09. The van der Waals surface area contributed by atoms with Crippen LogP contribution >= 0.6 is 35.0 Å². The molecule has 2 aromatic rings. The summed E-state index contributed by atoms with van der Waals surface area (Å²) in [5.74, 6) is -1.61. The van der Waals surface area contributed by atoms with Crippen molar-refractivity contribution < 1.29 is 29.0 Å². The van der Waals surface area contributed by atoms with Gasteiger partial charge < -0.3 is 20.5 Å². The quantitative estimate of drug-likeness (QED) is 0.464. The largest absolute Gasteiger partial charge is 0.480 e. The molecule has 0 aromatic heterocycles. The first-order valence-electron chi connectivity index (χ1n) is 10.6. The molecule has 0 aliphatic carbocycles. The lowest BCUT2D eigenvalue weighted by Crippen LogP contribution is -2.52. The van der Waals surface area contributed by atoms with E-state index >= 15 is 0 Å². The molecule has 3 N–H and O–H groups in total. The van der Waals surface area contributed by atoms with Crippen LogP contribution in [0.5, 0.6) is 0 Å². The number of hydrogen-bond acceptors (Lipinski definition) is 6. The zero-order chi connectivity index (χ0) is 25.5. The number of carbonyl (C=O) groups excluding carboxylic acids is 3. The van der Waals surface area contributed by atoms with Crippen molar-refractivity contribution in [2.24, 2.45) is 0 Å². The van der Waals surface area contributed by atoms with E-state index in [-0.39, 0.29) is 28.6 Å². The van der Waals surface area contributed by atoms with Gasteiger partial charge >= 0.3 is 12.1 Å². The minimum absolute atomic E-state index is 0.00487. The Labute approximate surface area is 216 Å². The number of halogens is 2. The molecular weight excluding hydrogens is 517 g/mol. The molecule has 0 spiro atoms. The number of carboxylic acid groups (broad SMARTS) is 1. The number of carbonyl (C=O) groups is 4. The molecule has 0 bridgehead atoms. The van der Waals surface area contributed by atoms with Gasteiger partial charge in [0, 0.05) is 17.9 Å². The lowest BCUT2D eigenvalue weighted by atomic mass is 10.0. The lowest BCUT2D eigenvalue weighted by molar-refractivity contribution is -0.142. The number of thioether (sulfide) groups is 1. The number of rotatable bonds is 8. The van der Waals surface area contributed by atoms with Crippen LogP contribution in [0.3, 0.4) is 0 Å². The molecule has 12 heteroatoms. The van der Waals surface area contributed by atoms with Crippen LogP contribution in [0.25, 0.3) is 0 Å². The highest BCUT2D eigenvalue weighted by atomic mass is 35.5. The first-order chi connectivity index (χ1) is 16.7. The SMILES string of the molecule is CCOC(=O)N1CSC[C@H]1C(=O)N[C@@H](Cc1ccc(NC(=O)c2c(Cl)cccc2Cl)cc1)C(=O)O. The summed E-state index contributed by atoms with van der Waals surface area (Å²) in [5, 5.41) is 15.3. The smallest absolute Gasteiger partial charge is 0.411 e. The summed E-state index contributed by atoms with van der Waals surface area (Å²) in [5.41, 5.74) is 1.23. The van der Waals surface area contributed by atoms with E-state index in [9.17, 15) is 24.3 Å². The van der Waals surface area contributed by atoms with Gasteiger partial charge in [0.1, 0.15) is 12.1 Å². The van der Waals surface area contributed by atoms with Crippen LogP contribution in [-0.4, -0.2) is 64.2 Å². The van der Waals surface area contributed by atoms with Gasteiger partial charge in [0.15, 0.2) is 0 Å². The second-order valence-corrected chi connectivity index (χ2v) is 9.35. The monoisotopic (exact) mass is 539 g/mol.